The molecule has 1 saturated heterocycles. The maximum absolute atomic E-state index is 12.6. The molecule has 4 rings (SSSR count). The van der Waals surface area contributed by atoms with Gasteiger partial charge in [0, 0.05) is 23.2 Å². The molecule has 1 aliphatic heterocycles. The van der Waals surface area contributed by atoms with Gasteiger partial charge in [0.25, 0.3) is 0 Å². The standard InChI is InChI=1S/C19H19ClN4O3S/c1-24-12-15(23-28(25,26)16-5-3-2-4-6-16)11-17(24)19-21-18(22-27-19)13-7-9-14(20)10-8-13/h2-10,15,17,23H,11-12H2,1H3/t15-,17-/m0/s1. The van der Waals surface area contributed by atoms with Gasteiger partial charge in [-0.1, -0.05) is 35.0 Å². The molecule has 0 radical (unpaired) electrons. The van der Waals surface area contributed by atoms with Crippen LogP contribution in [0, 0.1) is 0 Å². The third kappa shape index (κ3) is 3.95. The highest BCUT2D eigenvalue weighted by Crippen LogP contribution is 2.31. The monoisotopic (exact) mass is 418 g/mol. The number of hydrogen-bond donors (Lipinski definition) is 1. The lowest BCUT2D eigenvalue weighted by atomic mass is 10.2. The molecule has 7 nitrogen and oxygen atoms in total. The number of sulfonamides is 1. The first-order valence-electron chi connectivity index (χ1n) is 8.79. The van der Waals surface area contributed by atoms with Crippen LogP contribution in [0.1, 0.15) is 18.4 Å². The van der Waals surface area contributed by atoms with E-state index in [2.05, 4.69) is 14.9 Å². The van der Waals surface area contributed by atoms with Crippen LogP contribution in [0.25, 0.3) is 11.4 Å². The summed E-state index contributed by atoms with van der Waals surface area (Å²) in [7, 11) is -1.66. The van der Waals surface area contributed by atoms with Crippen molar-refractivity contribution in [3.8, 4) is 11.4 Å². The van der Waals surface area contributed by atoms with Gasteiger partial charge in [0.05, 0.1) is 10.9 Å². The Hall–Kier alpha value is -2.26. The molecule has 0 bridgehead atoms. The van der Waals surface area contributed by atoms with Gasteiger partial charge in [-0.05, 0) is 49.9 Å². The van der Waals surface area contributed by atoms with E-state index < -0.39 is 10.0 Å². The second kappa shape index (κ2) is 7.63. The molecule has 0 aliphatic carbocycles. The molecule has 28 heavy (non-hydrogen) atoms. The van der Waals surface area contributed by atoms with Gasteiger partial charge in [0.2, 0.25) is 21.7 Å². The Labute approximate surface area is 168 Å². The molecule has 146 valence electrons. The van der Waals surface area contributed by atoms with Gasteiger partial charge in [0.15, 0.2) is 0 Å². The first kappa shape index (κ1) is 19.1. The van der Waals surface area contributed by atoms with E-state index in [0.29, 0.717) is 29.7 Å². The van der Waals surface area contributed by atoms with Crippen LogP contribution in [-0.4, -0.2) is 43.1 Å². The van der Waals surface area contributed by atoms with Crippen molar-refractivity contribution in [2.75, 3.05) is 13.6 Å². The number of hydrogen-bond acceptors (Lipinski definition) is 6. The minimum absolute atomic E-state index is 0.156. The molecule has 1 aliphatic rings. The predicted molar refractivity (Wildman–Crippen MR) is 105 cm³/mol. The Balaban J connectivity index is 1.48. The summed E-state index contributed by atoms with van der Waals surface area (Å²) < 4.78 is 33.4. The zero-order chi connectivity index (χ0) is 19.7. The largest absolute Gasteiger partial charge is 0.337 e. The Morgan fingerprint density at radius 1 is 1.14 bits per heavy atom. The third-order valence-electron chi connectivity index (χ3n) is 4.75. The van der Waals surface area contributed by atoms with Crippen LogP contribution in [-0.2, 0) is 10.0 Å². The van der Waals surface area contributed by atoms with Gasteiger partial charge in [-0.25, -0.2) is 13.1 Å². The van der Waals surface area contributed by atoms with Crippen molar-refractivity contribution in [1.82, 2.24) is 19.8 Å². The number of nitrogens with zero attached hydrogens (tertiary/aromatic N) is 3. The molecule has 1 fully saturated rings. The van der Waals surface area contributed by atoms with E-state index in [-0.39, 0.29) is 17.0 Å². The summed E-state index contributed by atoms with van der Waals surface area (Å²) in [5.74, 6) is 0.947. The average Bonchev–Trinajstić information content (AvgIpc) is 3.29. The minimum atomic E-state index is -3.57. The lowest BCUT2D eigenvalue weighted by Crippen LogP contribution is -2.36. The van der Waals surface area contributed by atoms with E-state index in [1.165, 1.54) is 0 Å². The number of aromatic nitrogens is 2. The van der Waals surface area contributed by atoms with Crippen molar-refractivity contribution in [3.63, 3.8) is 0 Å². The second-order valence-electron chi connectivity index (χ2n) is 6.79. The minimum Gasteiger partial charge on any atom is -0.337 e. The van der Waals surface area contributed by atoms with Crippen molar-refractivity contribution in [1.29, 1.82) is 0 Å². The van der Waals surface area contributed by atoms with Crippen molar-refractivity contribution in [2.45, 2.75) is 23.4 Å². The number of likely N-dealkylation sites (tertiary alicyclic amines) is 1. The first-order valence-corrected chi connectivity index (χ1v) is 10.7. The fourth-order valence-electron chi connectivity index (χ4n) is 3.35. The van der Waals surface area contributed by atoms with Crippen LogP contribution in [0.2, 0.25) is 5.02 Å². The van der Waals surface area contributed by atoms with Crippen LogP contribution in [0.15, 0.2) is 64.0 Å². The molecule has 0 amide bonds. The van der Waals surface area contributed by atoms with Crippen molar-refractivity contribution < 1.29 is 12.9 Å². The number of nitrogens with one attached hydrogen (secondary N) is 1. The summed E-state index contributed by atoms with van der Waals surface area (Å²) in [5.41, 5.74) is 0.807. The lowest BCUT2D eigenvalue weighted by molar-refractivity contribution is 0.244. The van der Waals surface area contributed by atoms with E-state index in [9.17, 15) is 8.42 Å². The highest BCUT2D eigenvalue weighted by molar-refractivity contribution is 7.89. The van der Waals surface area contributed by atoms with Gasteiger partial charge < -0.3 is 4.52 Å². The molecule has 1 aromatic heterocycles. The Morgan fingerprint density at radius 3 is 2.57 bits per heavy atom. The SMILES string of the molecule is CN1C[C@@H](NS(=O)(=O)c2ccccc2)C[C@H]1c1nc(-c2ccc(Cl)cc2)no1. The van der Waals surface area contributed by atoms with Crippen LogP contribution in [0.4, 0.5) is 0 Å². The molecule has 2 heterocycles. The van der Waals surface area contributed by atoms with Crippen molar-refractivity contribution in [2.24, 2.45) is 0 Å². The first-order chi connectivity index (χ1) is 13.4. The van der Waals surface area contributed by atoms with Crippen LogP contribution in [0.3, 0.4) is 0 Å². The van der Waals surface area contributed by atoms with E-state index in [1.807, 2.05) is 24.1 Å². The zero-order valence-corrected chi connectivity index (χ0v) is 16.7. The highest BCUT2D eigenvalue weighted by atomic mass is 35.5. The molecular formula is C19H19ClN4O3S. The van der Waals surface area contributed by atoms with E-state index >= 15 is 0 Å². The summed E-state index contributed by atoms with van der Waals surface area (Å²) in [6, 6.07) is 15.1. The quantitative estimate of drug-likeness (QED) is 0.684. The molecule has 0 unspecified atom stereocenters. The maximum Gasteiger partial charge on any atom is 0.244 e. The summed E-state index contributed by atoms with van der Waals surface area (Å²) in [6.45, 7) is 0.551. The zero-order valence-electron chi connectivity index (χ0n) is 15.1. The van der Waals surface area contributed by atoms with E-state index in [1.54, 1.807) is 42.5 Å². The topological polar surface area (TPSA) is 88.3 Å². The fourth-order valence-corrected chi connectivity index (χ4v) is 4.73. The number of rotatable bonds is 5. The Bertz CT molecular complexity index is 1050. The van der Waals surface area contributed by atoms with Crippen LogP contribution >= 0.6 is 11.6 Å². The summed E-state index contributed by atoms with van der Waals surface area (Å²) in [4.78, 5) is 6.76. The summed E-state index contributed by atoms with van der Waals surface area (Å²) >= 11 is 5.91. The molecule has 2 aromatic carbocycles. The third-order valence-corrected chi connectivity index (χ3v) is 6.54. The maximum atomic E-state index is 12.6. The molecule has 9 heteroatoms. The normalized spacial score (nSPS) is 20.5. The smallest absolute Gasteiger partial charge is 0.244 e. The second-order valence-corrected chi connectivity index (χ2v) is 8.94. The Kier molecular flexibility index (Phi) is 5.20. The Morgan fingerprint density at radius 2 is 1.86 bits per heavy atom. The lowest BCUT2D eigenvalue weighted by Gasteiger charge is -2.14. The van der Waals surface area contributed by atoms with Gasteiger partial charge >= 0.3 is 0 Å². The van der Waals surface area contributed by atoms with E-state index in [0.717, 1.165) is 5.56 Å². The van der Waals surface area contributed by atoms with Gasteiger partial charge in [0.1, 0.15) is 0 Å². The highest BCUT2D eigenvalue weighted by Gasteiger charge is 2.36. The molecule has 1 N–H and O–H groups in total. The van der Waals surface area contributed by atoms with Gasteiger partial charge in [-0.3, -0.25) is 4.90 Å². The number of benzene rings is 2. The molecule has 3 aromatic rings. The predicted octanol–water partition coefficient (Wildman–Crippen LogP) is 3.11. The van der Waals surface area contributed by atoms with Crippen LogP contribution in [0.5, 0.6) is 0 Å². The summed E-state index contributed by atoms with van der Waals surface area (Å²) in [6.07, 6.45) is 0.546. The molecule has 0 spiro atoms. The van der Waals surface area contributed by atoms with Gasteiger partial charge in [-0.15, -0.1) is 0 Å². The summed E-state index contributed by atoms with van der Waals surface area (Å²) in [5, 5.41) is 4.68. The van der Waals surface area contributed by atoms with Crippen molar-refractivity contribution >= 4 is 21.6 Å². The van der Waals surface area contributed by atoms with Gasteiger partial charge in [-0.2, -0.15) is 4.98 Å². The molecule has 0 saturated carbocycles. The van der Waals surface area contributed by atoms with Crippen LogP contribution < -0.4 is 4.72 Å². The number of halogens is 1. The van der Waals surface area contributed by atoms with Crippen molar-refractivity contribution in [3.05, 3.63) is 65.5 Å². The fraction of sp³-hybridized carbons (Fsp3) is 0.263. The average molecular weight is 419 g/mol. The number of likely N-dealkylation sites (N-methyl/N-ethyl adjacent to an activating group) is 1. The molecular weight excluding hydrogens is 400 g/mol. The van der Waals surface area contributed by atoms with E-state index in [4.69, 9.17) is 16.1 Å². The molecule has 2 atom stereocenters.